The van der Waals surface area contributed by atoms with Gasteiger partial charge in [0.25, 0.3) is 5.91 Å². The molecule has 1 N–H and O–H groups in total. The average molecular weight is 377 g/mol. The molecule has 2 aliphatic rings. The molecule has 1 amide bonds. The Morgan fingerprint density at radius 1 is 1.29 bits per heavy atom. The van der Waals surface area contributed by atoms with Gasteiger partial charge >= 0.3 is 0 Å². The molecule has 0 spiro atoms. The normalized spacial score (nSPS) is 16.9. The Labute approximate surface area is 167 Å². The van der Waals surface area contributed by atoms with Gasteiger partial charge < -0.3 is 15.0 Å². The molecule has 28 heavy (non-hydrogen) atoms. The Balaban J connectivity index is 1.71. The zero-order chi connectivity index (χ0) is 19.9. The number of carbonyl (C=O) groups is 1. The molecular weight excluding hydrogens is 348 g/mol. The highest BCUT2D eigenvalue weighted by molar-refractivity contribution is 5.97. The minimum absolute atomic E-state index is 0.0316. The number of fused-ring (bicyclic) bond motifs is 1. The number of carbonyl (C=O) groups excluding carboxylic acids is 1. The van der Waals surface area contributed by atoms with Crippen molar-refractivity contribution in [1.82, 2.24) is 5.32 Å². The SMILES string of the molecule is C=Cc1cc2c(c(C3(NC(=O)c4cc(OC)ccc4C)CC3)c1)CCCN2C. The number of nitrogens with one attached hydrogen (secondary N) is 1. The maximum absolute atomic E-state index is 13.2. The minimum atomic E-state index is -0.270. The summed E-state index contributed by atoms with van der Waals surface area (Å²) in [5.74, 6) is 0.670. The summed E-state index contributed by atoms with van der Waals surface area (Å²) in [6.07, 6.45) is 6.04. The fraction of sp³-hybridized carbons (Fsp3) is 0.375. The van der Waals surface area contributed by atoms with E-state index in [1.807, 2.05) is 31.2 Å². The molecular formula is C24H28N2O2. The van der Waals surface area contributed by atoms with E-state index < -0.39 is 0 Å². The molecule has 2 aromatic carbocycles. The molecule has 4 heteroatoms. The third kappa shape index (κ3) is 3.17. The number of aryl methyl sites for hydroxylation is 1. The first-order valence-corrected chi connectivity index (χ1v) is 9.95. The van der Waals surface area contributed by atoms with E-state index in [-0.39, 0.29) is 11.4 Å². The monoisotopic (exact) mass is 376 g/mol. The molecule has 1 heterocycles. The average Bonchev–Trinajstić information content (AvgIpc) is 3.48. The van der Waals surface area contributed by atoms with Crippen LogP contribution in [-0.4, -0.2) is 26.6 Å². The number of benzene rings is 2. The first-order chi connectivity index (χ1) is 13.5. The molecule has 4 nitrogen and oxygen atoms in total. The molecule has 146 valence electrons. The molecule has 0 aromatic heterocycles. The molecule has 2 aromatic rings. The summed E-state index contributed by atoms with van der Waals surface area (Å²) < 4.78 is 5.31. The van der Waals surface area contributed by atoms with E-state index in [1.54, 1.807) is 7.11 Å². The number of hydrogen-bond acceptors (Lipinski definition) is 3. The van der Waals surface area contributed by atoms with Crippen LogP contribution in [0.5, 0.6) is 5.75 Å². The van der Waals surface area contributed by atoms with Crippen molar-refractivity contribution in [2.45, 2.75) is 38.1 Å². The third-order valence-corrected chi connectivity index (χ3v) is 6.12. The predicted octanol–water partition coefficient (Wildman–Crippen LogP) is 4.45. The second-order valence-corrected chi connectivity index (χ2v) is 8.01. The van der Waals surface area contributed by atoms with Gasteiger partial charge in [-0.2, -0.15) is 0 Å². The van der Waals surface area contributed by atoms with Crippen molar-refractivity contribution in [3.63, 3.8) is 0 Å². The van der Waals surface area contributed by atoms with Gasteiger partial charge in [0, 0.05) is 24.8 Å². The maximum atomic E-state index is 13.2. The topological polar surface area (TPSA) is 41.6 Å². The number of rotatable bonds is 5. The summed E-state index contributed by atoms with van der Waals surface area (Å²) >= 11 is 0. The van der Waals surface area contributed by atoms with Gasteiger partial charge in [0.05, 0.1) is 12.6 Å². The number of amides is 1. The van der Waals surface area contributed by atoms with Crippen molar-refractivity contribution in [3.05, 3.63) is 64.7 Å². The van der Waals surface area contributed by atoms with Crippen LogP contribution in [-0.2, 0) is 12.0 Å². The lowest BCUT2D eigenvalue weighted by Crippen LogP contribution is -2.37. The van der Waals surface area contributed by atoms with E-state index in [1.165, 1.54) is 16.8 Å². The van der Waals surface area contributed by atoms with Crippen molar-refractivity contribution in [2.24, 2.45) is 0 Å². The Morgan fingerprint density at radius 2 is 2.07 bits per heavy atom. The first-order valence-electron chi connectivity index (χ1n) is 9.95. The quantitative estimate of drug-likeness (QED) is 0.838. The van der Waals surface area contributed by atoms with Gasteiger partial charge in [-0.3, -0.25) is 4.79 Å². The van der Waals surface area contributed by atoms with E-state index in [0.29, 0.717) is 11.3 Å². The Kier molecular flexibility index (Phi) is 4.66. The highest BCUT2D eigenvalue weighted by atomic mass is 16.5. The summed E-state index contributed by atoms with van der Waals surface area (Å²) in [7, 11) is 3.77. The van der Waals surface area contributed by atoms with Crippen LogP contribution in [0, 0.1) is 6.92 Å². The van der Waals surface area contributed by atoms with Crippen molar-refractivity contribution in [1.29, 1.82) is 0 Å². The Bertz CT molecular complexity index is 944. The van der Waals surface area contributed by atoms with Crippen molar-refractivity contribution >= 4 is 17.7 Å². The third-order valence-electron chi connectivity index (χ3n) is 6.12. The largest absolute Gasteiger partial charge is 0.497 e. The van der Waals surface area contributed by atoms with Crippen LogP contribution in [0.4, 0.5) is 5.69 Å². The standard InChI is InChI=1S/C24H28N2O2/c1-5-17-13-21(19-7-6-12-26(3)22(19)14-17)24(10-11-24)25-23(27)20-15-18(28-4)9-8-16(20)2/h5,8-9,13-15H,1,6-7,10-12H2,2-4H3,(H,25,27). The van der Waals surface area contributed by atoms with Crippen molar-refractivity contribution in [2.75, 3.05) is 25.6 Å². The van der Waals surface area contributed by atoms with Gasteiger partial charge in [-0.15, -0.1) is 0 Å². The second-order valence-electron chi connectivity index (χ2n) is 8.01. The van der Waals surface area contributed by atoms with Gasteiger partial charge in [-0.25, -0.2) is 0 Å². The van der Waals surface area contributed by atoms with E-state index in [4.69, 9.17) is 4.74 Å². The van der Waals surface area contributed by atoms with E-state index in [9.17, 15) is 4.79 Å². The van der Waals surface area contributed by atoms with Crippen LogP contribution in [0.15, 0.2) is 36.9 Å². The van der Waals surface area contributed by atoms with Gasteiger partial charge in [-0.05, 0) is 79.1 Å². The highest BCUT2D eigenvalue weighted by Gasteiger charge is 2.48. The lowest BCUT2D eigenvalue weighted by molar-refractivity contribution is 0.0929. The zero-order valence-electron chi connectivity index (χ0n) is 17.0. The summed E-state index contributed by atoms with van der Waals surface area (Å²) in [6, 6.07) is 10.1. The van der Waals surface area contributed by atoms with Crippen LogP contribution in [0.3, 0.4) is 0 Å². The van der Waals surface area contributed by atoms with Crippen LogP contribution >= 0.6 is 0 Å². The van der Waals surface area contributed by atoms with Crippen LogP contribution in [0.1, 0.15) is 51.9 Å². The van der Waals surface area contributed by atoms with Crippen LogP contribution < -0.4 is 15.0 Å². The maximum Gasteiger partial charge on any atom is 0.252 e. The molecule has 1 saturated carbocycles. The number of nitrogens with zero attached hydrogens (tertiary/aromatic N) is 1. The molecule has 1 fully saturated rings. The lowest BCUT2D eigenvalue weighted by atomic mass is 9.88. The smallest absolute Gasteiger partial charge is 0.252 e. The molecule has 0 saturated heterocycles. The van der Waals surface area contributed by atoms with Gasteiger partial charge in [0.15, 0.2) is 0 Å². The zero-order valence-corrected chi connectivity index (χ0v) is 17.0. The highest BCUT2D eigenvalue weighted by Crippen LogP contribution is 2.50. The second kappa shape index (κ2) is 7.01. The summed E-state index contributed by atoms with van der Waals surface area (Å²) in [4.78, 5) is 15.5. The van der Waals surface area contributed by atoms with Crippen LogP contribution in [0.2, 0.25) is 0 Å². The number of methoxy groups -OCH3 is 1. The fourth-order valence-corrected chi connectivity index (χ4v) is 4.28. The predicted molar refractivity (Wildman–Crippen MR) is 114 cm³/mol. The van der Waals surface area contributed by atoms with Gasteiger partial charge in [0.1, 0.15) is 5.75 Å². The molecule has 0 unspecified atom stereocenters. The summed E-state index contributed by atoms with van der Waals surface area (Å²) in [6.45, 7) is 6.99. The van der Waals surface area contributed by atoms with E-state index in [2.05, 4.69) is 36.0 Å². The van der Waals surface area contributed by atoms with Crippen LogP contribution in [0.25, 0.3) is 6.08 Å². The molecule has 0 radical (unpaired) electrons. The molecule has 4 rings (SSSR count). The Hall–Kier alpha value is -2.75. The molecule has 1 aliphatic heterocycles. The molecule has 1 aliphatic carbocycles. The van der Waals surface area contributed by atoms with E-state index >= 15 is 0 Å². The van der Waals surface area contributed by atoms with E-state index in [0.717, 1.165) is 43.4 Å². The number of anilines is 1. The van der Waals surface area contributed by atoms with Crippen molar-refractivity contribution in [3.8, 4) is 5.75 Å². The molecule has 0 atom stereocenters. The van der Waals surface area contributed by atoms with Gasteiger partial charge in [0.2, 0.25) is 0 Å². The summed E-state index contributed by atoms with van der Waals surface area (Å²) in [5, 5.41) is 3.36. The number of hydrogen-bond donors (Lipinski definition) is 1. The Morgan fingerprint density at radius 3 is 2.75 bits per heavy atom. The van der Waals surface area contributed by atoms with Gasteiger partial charge in [-0.1, -0.05) is 18.7 Å². The molecule has 0 bridgehead atoms. The fourth-order valence-electron chi connectivity index (χ4n) is 4.28. The number of ether oxygens (including phenoxy) is 1. The minimum Gasteiger partial charge on any atom is -0.497 e. The lowest BCUT2D eigenvalue weighted by Gasteiger charge is -2.32. The first kappa shape index (κ1) is 18.6. The summed E-state index contributed by atoms with van der Waals surface area (Å²) in [5.41, 5.74) is 6.39. The van der Waals surface area contributed by atoms with Crippen molar-refractivity contribution < 1.29 is 9.53 Å².